The van der Waals surface area contributed by atoms with E-state index in [1.807, 2.05) is 67.3 Å². The first-order chi connectivity index (χ1) is 13.3. The molecule has 2 aromatic rings. The third kappa shape index (κ3) is 3.89. The molecule has 1 aliphatic rings. The molecule has 0 N–H and O–H groups in total. The smallest absolute Gasteiger partial charge is 0.399 e. The summed E-state index contributed by atoms with van der Waals surface area (Å²) in [5.74, 6) is 1.62. The van der Waals surface area contributed by atoms with Gasteiger partial charge in [-0.25, -0.2) is 9.98 Å². The van der Waals surface area contributed by atoms with Gasteiger partial charge in [0.2, 0.25) is 0 Å². The number of benzene rings is 1. The summed E-state index contributed by atoms with van der Waals surface area (Å²) in [6.45, 7) is 12.1. The molecule has 1 aromatic heterocycles. The van der Waals surface area contributed by atoms with Crippen LogP contribution in [-0.2, 0) is 9.31 Å². The summed E-state index contributed by atoms with van der Waals surface area (Å²) in [6.07, 6.45) is 5.53. The number of aliphatic imine (C=N–C) groups is 1. The summed E-state index contributed by atoms with van der Waals surface area (Å²) < 4.78 is 12.3. The van der Waals surface area contributed by atoms with Gasteiger partial charge in [0.1, 0.15) is 11.6 Å². The Kier molecular flexibility index (Phi) is 5.73. The third-order valence-corrected chi connectivity index (χ3v) is 5.30. The van der Waals surface area contributed by atoms with Crippen LogP contribution in [-0.4, -0.2) is 29.5 Å². The highest BCUT2D eigenvalue weighted by Gasteiger charge is 2.51. The van der Waals surface area contributed by atoms with E-state index < -0.39 is 0 Å². The summed E-state index contributed by atoms with van der Waals surface area (Å²) in [5.41, 5.74) is 1.25. The quantitative estimate of drug-likeness (QED) is 0.570. The van der Waals surface area contributed by atoms with Crippen LogP contribution in [0, 0.1) is 0 Å². The molecule has 1 aliphatic heterocycles. The third-order valence-electron chi connectivity index (χ3n) is 5.30. The van der Waals surface area contributed by atoms with Crippen molar-refractivity contribution in [1.29, 1.82) is 0 Å². The molecule has 3 rings (SSSR count). The van der Waals surface area contributed by atoms with E-state index >= 15 is 0 Å². The molecule has 0 radical (unpaired) electrons. The zero-order valence-electron chi connectivity index (χ0n) is 17.5. The van der Waals surface area contributed by atoms with E-state index in [-0.39, 0.29) is 18.3 Å². The van der Waals surface area contributed by atoms with Gasteiger partial charge in [0.05, 0.1) is 11.2 Å². The number of hydrogen-bond acceptors (Lipinski definition) is 5. The minimum absolute atomic E-state index is 0.357. The van der Waals surface area contributed by atoms with E-state index in [4.69, 9.17) is 9.31 Å². The van der Waals surface area contributed by atoms with Gasteiger partial charge in [0, 0.05) is 18.1 Å². The molecule has 1 aromatic carbocycles. The number of pyridine rings is 1. The van der Waals surface area contributed by atoms with Crippen LogP contribution in [0.5, 0.6) is 0 Å². The molecular weight excluding hydrogens is 349 g/mol. The van der Waals surface area contributed by atoms with Crippen LogP contribution in [0.25, 0.3) is 0 Å². The van der Waals surface area contributed by atoms with E-state index in [1.54, 1.807) is 12.4 Å². The highest BCUT2D eigenvalue weighted by molar-refractivity contribution is 6.62. The monoisotopic (exact) mass is 377 g/mol. The van der Waals surface area contributed by atoms with Gasteiger partial charge in [0.25, 0.3) is 0 Å². The topological polar surface area (TPSA) is 47.0 Å². The van der Waals surface area contributed by atoms with Crippen molar-refractivity contribution in [2.24, 2.45) is 4.99 Å². The lowest BCUT2D eigenvalue weighted by Gasteiger charge is -2.32. The summed E-state index contributed by atoms with van der Waals surface area (Å²) >= 11 is 0. The van der Waals surface area contributed by atoms with Crippen LogP contribution >= 0.6 is 0 Å². The second-order valence-electron chi connectivity index (χ2n) is 7.74. The number of rotatable bonds is 5. The van der Waals surface area contributed by atoms with Gasteiger partial charge >= 0.3 is 7.12 Å². The van der Waals surface area contributed by atoms with Crippen molar-refractivity contribution >= 4 is 30.3 Å². The maximum absolute atomic E-state index is 6.16. The molecule has 6 heteroatoms. The predicted molar refractivity (Wildman–Crippen MR) is 116 cm³/mol. The first-order valence-corrected chi connectivity index (χ1v) is 9.61. The van der Waals surface area contributed by atoms with E-state index in [0.717, 1.165) is 22.8 Å². The lowest BCUT2D eigenvalue weighted by molar-refractivity contribution is 0.00578. The van der Waals surface area contributed by atoms with Crippen molar-refractivity contribution in [2.45, 2.75) is 52.7 Å². The standard InChI is InChI=1S/C22H28BN3O2/c1-7-19(24-8-2)26(20-11-9-10-16-25-20)18-14-12-17(13-15-18)23-27-21(3,4)22(5,6)28-23/h7-16H,1-6H3/b19-7+,24-8?. The second-order valence-corrected chi connectivity index (χ2v) is 7.74. The van der Waals surface area contributed by atoms with E-state index in [9.17, 15) is 0 Å². The fraction of sp³-hybridized carbons (Fsp3) is 0.364. The molecule has 0 aliphatic carbocycles. The maximum Gasteiger partial charge on any atom is 0.494 e. The van der Waals surface area contributed by atoms with Crippen molar-refractivity contribution in [2.75, 3.05) is 4.90 Å². The Morgan fingerprint density at radius 3 is 2.14 bits per heavy atom. The number of aromatic nitrogens is 1. The molecular formula is C22H28BN3O2. The van der Waals surface area contributed by atoms with E-state index in [0.29, 0.717) is 0 Å². The van der Waals surface area contributed by atoms with Gasteiger partial charge in [-0.2, -0.15) is 0 Å². The molecule has 5 nitrogen and oxygen atoms in total. The van der Waals surface area contributed by atoms with Crippen LogP contribution in [0.3, 0.4) is 0 Å². The first-order valence-electron chi connectivity index (χ1n) is 9.61. The average Bonchev–Trinajstić information content (AvgIpc) is 2.90. The van der Waals surface area contributed by atoms with Gasteiger partial charge in [-0.1, -0.05) is 18.2 Å². The predicted octanol–water partition coefficient (Wildman–Crippen LogP) is 4.47. The van der Waals surface area contributed by atoms with Crippen molar-refractivity contribution < 1.29 is 9.31 Å². The summed E-state index contributed by atoms with van der Waals surface area (Å²) in [5, 5.41) is 0. The fourth-order valence-corrected chi connectivity index (χ4v) is 3.02. The summed E-state index contributed by atoms with van der Waals surface area (Å²) in [4.78, 5) is 11.0. The lowest BCUT2D eigenvalue weighted by atomic mass is 9.79. The Balaban J connectivity index is 1.93. The van der Waals surface area contributed by atoms with Crippen molar-refractivity contribution in [3.05, 3.63) is 60.6 Å². The molecule has 0 amide bonds. The Labute approximate surface area is 168 Å². The van der Waals surface area contributed by atoms with E-state index in [1.165, 1.54) is 0 Å². The minimum atomic E-state index is -0.378. The van der Waals surface area contributed by atoms with Crippen molar-refractivity contribution in [3.8, 4) is 0 Å². The Morgan fingerprint density at radius 2 is 1.64 bits per heavy atom. The van der Waals surface area contributed by atoms with Crippen LogP contribution < -0.4 is 10.4 Å². The van der Waals surface area contributed by atoms with Crippen LogP contribution in [0.1, 0.15) is 41.5 Å². The molecule has 0 spiro atoms. The van der Waals surface area contributed by atoms with Gasteiger partial charge in [-0.15, -0.1) is 0 Å². The largest absolute Gasteiger partial charge is 0.494 e. The van der Waals surface area contributed by atoms with Crippen LogP contribution in [0.15, 0.2) is 65.6 Å². The van der Waals surface area contributed by atoms with E-state index in [2.05, 4.69) is 37.7 Å². The average molecular weight is 377 g/mol. The normalized spacial score (nSPS) is 18.6. The maximum atomic E-state index is 6.16. The van der Waals surface area contributed by atoms with Gasteiger partial charge < -0.3 is 9.31 Å². The van der Waals surface area contributed by atoms with Crippen LogP contribution in [0.2, 0.25) is 0 Å². The molecule has 2 heterocycles. The molecule has 28 heavy (non-hydrogen) atoms. The molecule has 1 saturated heterocycles. The SMILES string of the molecule is CC=N/C(=C\C)N(c1ccc(B2OC(C)(C)C(C)(C)O2)cc1)c1ccccn1. The molecule has 0 unspecified atom stereocenters. The number of anilines is 2. The molecule has 0 bridgehead atoms. The zero-order chi connectivity index (χ0) is 20.4. The molecule has 0 atom stereocenters. The molecule has 0 saturated carbocycles. The Hall–Kier alpha value is -2.44. The minimum Gasteiger partial charge on any atom is -0.399 e. The molecule has 146 valence electrons. The van der Waals surface area contributed by atoms with Gasteiger partial charge in [-0.3, -0.25) is 4.90 Å². The Bertz CT molecular complexity index is 845. The lowest BCUT2D eigenvalue weighted by Crippen LogP contribution is -2.41. The Morgan fingerprint density at radius 1 is 1.00 bits per heavy atom. The van der Waals surface area contributed by atoms with Gasteiger partial charge in [-0.05, 0) is 77.3 Å². The van der Waals surface area contributed by atoms with Crippen molar-refractivity contribution in [3.63, 3.8) is 0 Å². The highest BCUT2D eigenvalue weighted by Crippen LogP contribution is 2.36. The number of nitrogens with zero attached hydrogens (tertiary/aromatic N) is 3. The molecule has 1 fully saturated rings. The highest BCUT2D eigenvalue weighted by atomic mass is 16.7. The van der Waals surface area contributed by atoms with Crippen molar-refractivity contribution in [1.82, 2.24) is 4.98 Å². The summed E-state index contributed by atoms with van der Waals surface area (Å²) in [7, 11) is -0.378. The summed E-state index contributed by atoms with van der Waals surface area (Å²) in [6, 6.07) is 14.0. The first kappa shape index (κ1) is 20.3. The fourth-order valence-electron chi connectivity index (χ4n) is 3.02. The van der Waals surface area contributed by atoms with Gasteiger partial charge in [0.15, 0.2) is 0 Å². The number of hydrogen-bond donors (Lipinski definition) is 0. The second kappa shape index (κ2) is 7.90. The number of allylic oxidation sites excluding steroid dienone is 1. The zero-order valence-corrected chi connectivity index (χ0v) is 17.5. The van der Waals surface area contributed by atoms with Crippen LogP contribution in [0.4, 0.5) is 11.5 Å².